The van der Waals surface area contributed by atoms with Crippen LogP contribution in [0.2, 0.25) is 0 Å². The molecule has 0 saturated heterocycles. The van der Waals surface area contributed by atoms with Gasteiger partial charge in [-0.15, -0.1) is 16.4 Å². The summed E-state index contributed by atoms with van der Waals surface area (Å²) in [5, 5.41) is 14.4. The van der Waals surface area contributed by atoms with Crippen LogP contribution >= 0.6 is 11.3 Å². The number of hydrogen-bond acceptors (Lipinski definition) is 7. The molecule has 0 aliphatic carbocycles. The number of hydrogen-bond donors (Lipinski definition) is 1. The molecule has 4 rings (SSSR count). The molecule has 0 atom stereocenters. The second kappa shape index (κ2) is 5.97. The quantitative estimate of drug-likeness (QED) is 0.747. The molecule has 1 amide bonds. The number of nitrogens with zero attached hydrogens (tertiary/aromatic N) is 5. The number of thiophene rings is 1. The molecule has 1 N–H and O–H groups in total. The van der Waals surface area contributed by atoms with E-state index in [9.17, 15) is 4.79 Å². The third-order valence-corrected chi connectivity index (χ3v) is 5.74. The maximum atomic E-state index is 12.5. The number of carbonyl (C=O) groups excluding carboxylic acids is 1. The highest BCUT2D eigenvalue weighted by Crippen LogP contribution is 2.39. The van der Waals surface area contributed by atoms with Gasteiger partial charge in [-0.25, -0.2) is 9.97 Å². The predicted molar refractivity (Wildman–Crippen MR) is 97.5 cm³/mol. The van der Waals surface area contributed by atoms with Gasteiger partial charge in [-0.05, 0) is 26.3 Å². The highest BCUT2D eigenvalue weighted by Gasteiger charge is 2.31. The molecule has 0 radical (unpaired) electrons. The number of likely N-dealkylation sites (N-methyl/N-ethyl adjacent to an activating group) is 1. The molecule has 1 aliphatic rings. The molecule has 0 bridgehead atoms. The van der Waals surface area contributed by atoms with E-state index in [2.05, 4.69) is 28.9 Å². The van der Waals surface area contributed by atoms with Crippen LogP contribution in [-0.2, 0) is 17.8 Å². The summed E-state index contributed by atoms with van der Waals surface area (Å²) in [6.07, 6.45) is 0.767. The highest BCUT2D eigenvalue weighted by atomic mass is 32.1. The first-order valence-corrected chi connectivity index (χ1v) is 9.30. The SMILES string of the molecule is Cc1nc2sc3c(c2c2nc(C(=O)N(C)CCO)nn12)CC(C)(C)OC3. The van der Waals surface area contributed by atoms with Crippen LogP contribution in [0.5, 0.6) is 0 Å². The number of aliphatic hydroxyl groups excluding tert-OH is 1. The number of fused-ring (bicyclic) bond motifs is 5. The third kappa shape index (κ3) is 2.67. The van der Waals surface area contributed by atoms with Crippen molar-refractivity contribution in [2.45, 2.75) is 39.4 Å². The summed E-state index contributed by atoms with van der Waals surface area (Å²) in [6.45, 7) is 6.69. The Morgan fingerprint density at radius 1 is 1.42 bits per heavy atom. The van der Waals surface area contributed by atoms with E-state index in [0.717, 1.165) is 21.5 Å². The first-order valence-electron chi connectivity index (χ1n) is 8.48. The lowest BCUT2D eigenvalue weighted by Crippen LogP contribution is -2.31. The highest BCUT2D eigenvalue weighted by molar-refractivity contribution is 7.19. The molecule has 138 valence electrons. The zero-order chi connectivity index (χ0) is 18.6. The lowest BCUT2D eigenvalue weighted by atomic mass is 9.94. The Morgan fingerprint density at radius 2 is 2.19 bits per heavy atom. The lowest BCUT2D eigenvalue weighted by molar-refractivity contribution is -0.0379. The fraction of sp³-hybridized carbons (Fsp3) is 0.529. The molecule has 9 heteroatoms. The van der Waals surface area contributed by atoms with E-state index in [1.54, 1.807) is 22.9 Å². The fourth-order valence-electron chi connectivity index (χ4n) is 3.26. The zero-order valence-electron chi connectivity index (χ0n) is 15.2. The molecular formula is C17H21N5O3S. The lowest BCUT2D eigenvalue weighted by Gasteiger charge is -2.30. The Labute approximate surface area is 154 Å². The topological polar surface area (TPSA) is 92.9 Å². The molecule has 3 aromatic heterocycles. The van der Waals surface area contributed by atoms with E-state index in [0.29, 0.717) is 18.1 Å². The van der Waals surface area contributed by atoms with Crippen LogP contribution in [0.25, 0.3) is 15.9 Å². The minimum atomic E-state index is -0.317. The summed E-state index contributed by atoms with van der Waals surface area (Å²) in [7, 11) is 1.62. The van der Waals surface area contributed by atoms with Gasteiger partial charge in [0.05, 0.1) is 24.2 Å². The van der Waals surface area contributed by atoms with Crippen molar-refractivity contribution in [1.29, 1.82) is 0 Å². The predicted octanol–water partition coefficient (Wildman–Crippen LogP) is 1.56. The molecule has 0 unspecified atom stereocenters. The first-order chi connectivity index (χ1) is 12.3. The summed E-state index contributed by atoms with van der Waals surface area (Å²) >= 11 is 1.62. The normalized spacial score (nSPS) is 16.2. The summed E-state index contributed by atoms with van der Waals surface area (Å²) < 4.78 is 7.56. The van der Waals surface area contributed by atoms with Crippen molar-refractivity contribution in [3.8, 4) is 0 Å². The number of carbonyl (C=O) groups is 1. The van der Waals surface area contributed by atoms with Crippen LogP contribution < -0.4 is 0 Å². The van der Waals surface area contributed by atoms with E-state index in [1.807, 2.05) is 6.92 Å². The molecular weight excluding hydrogens is 354 g/mol. The van der Waals surface area contributed by atoms with Gasteiger partial charge in [-0.3, -0.25) is 4.79 Å². The van der Waals surface area contributed by atoms with Crippen LogP contribution in [0, 0.1) is 6.92 Å². The number of aromatic nitrogens is 4. The minimum Gasteiger partial charge on any atom is -0.395 e. The van der Waals surface area contributed by atoms with Crippen molar-refractivity contribution in [1.82, 2.24) is 24.5 Å². The van der Waals surface area contributed by atoms with Gasteiger partial charge in [0.25, 0.3) is 5.91 Å². The molecule has 4 heterocycles. The smallest absolute Gasteiger partial charge is 0.293 e. The molecule has 3 aromatic rings. The Balaban J connectivity index is 1.92. The average molecular weight is 375 g/mol. The van der Waals surface area contributed by atoms with Gasteiger partial charge >= 0.3 is 0 Å². The minimum absolute atomic E-state index is 0.104. The Bertz CT molecular complexity index is 1020. The summed E-state index contributed by atoms with van der Waals surface area (Å²) in [4.78, 5) is 25.2. The van der Waals surface area contributed by atoms with Crippen molar-refractivity contribution >= 4 is 33.1 Å². The maximum Gasteiger partial charge on any atom is 0.293 e. The van der Waals surface area contributed by atoms with E-state index in [4.69, 9.17) is 9.84 Å². The van der Waals surface area contributed by atoms with Crippen molar-refractivity contribution in [2.24, 2.45) is 0 Å². The summed E-state index contributed by atoms with van der Waals surface area (Å²) in [5.41, 5.74) is 1.60. The Hall–Kier alpha value is -2.10. The molecule has 8 nitrogen and oxygen atoms in total. The average Bonchev–Trinajstić information content (AvgIpc) is 3.15. The number of aryl methyl sites for hydroxylation is 1. The van der Waals surface area contributed by atoms with Crippen molar-refractivity contribution < 1.29 is 14.6 Å². The van der Waals surface area contributed by atoms with Crippen LogP contribution in [-0.4, -0.2) is 61.3 Å². The molecule has 0 aromatic carbocycles. The number of amides is 1. The van der Waals surface area contributed by atoms with Crippen LogP contribution in [0.3, 0.4) is 0 Å². The largest absolute Gasteiger partial charge is 0.395 e. The second-order valence-electron chi connectivity index (χ2n) is 7.19. The van der Waals surface area contributed by atoms with Crippen molar-refractivity contribution in [3.05, 3.63) is 22.1 Å². The molecule has 1 aliphatic heterocycles. The third-order valence-electron chi connectivity index (χ3n) is 4.64. The maximum absolute atomic E-state index is 12.5. The fourth-order valence-corrected chi connectivity index (χ4v) is 4.40. The number of aliphatic hydroxyl groups is 1. The van der Waals surface area contributed by atoms with E-state index in [1.165, 1.54) is 10.5 Å². The van der Waals surface area contributed by atoms with Gasteiger partial charge in [0.2, 0.25) is 5.82 Å². The van der Waals surface area contributed by atoms with Crippen LogP contribution in [0.1, 0.15) is 40.7 Å². The first kappa shape index (κ1) is 17.3. The van der Waals surface area contributed by atoms with E-state index in [-0.39, 0.29) is 30.5 Å². The summed E-state index contributed by atoms with van der Waals surface area (Å²) in [5.74, 6) is 0.482. The van der Waals surface area contributed by atoms with Crippen molar-refractivity contribution in [2.75, 3.05) is 20.2 Å². The molecule has 0 spiro atoms. The molecule has 0 saturated carbocycles. The van der Waals surface area contributed by atoms with Gasteiger partial charge in [-0.2, -0.15) is 4.52 Å². The van der Waals surface area contributed by atoms with Gasteiger partial charge in [0, 0.05) is 24.9 Å². The molecule has 26 heavy (non-hydrogen) atoms. The van der Waals surface area contributed by atoms with Crippen LogP contribution in [0.4, 0.5) is 0 Å². The van der Waals surface area contributed by atoms with Gasteiger partial charge in [0.15, 0.2) is 5.65 Å². The van der Waals surface area contributed by atoms with Gasteiger partial charge in [0.1, 0.15) is 10.7 Å². The standard InChI is InChI=1S/C17H21N5O3S/c1-9-18-15-12(10-7-17(2,3)25-8-11(10)26-15)14-19-13(20-22(9)14)16(24)21(4)5-6-23/h23H,5-8H2,1-4H3. The Kier molecular flexibility index (Phi) is 3.98. The number of ether oxygens (including phenoxy) is 1. The second-order valence-corrected chi connectivity index (χ2v) is 8.27. The van der Waals surface area contributed by atoms with E-state index >= 15 is 0 Å². The number of rotatable bonds is 3. The summed E-state index contributed by atoms with van der Waals surface area (Å²) in [6, 6.07) is 0. The van der Waals surface area contributed by atoms with Gasteiger partial charge < -0.3 is 14.7 Å². The molecule has 0 fully saturated rings. The van der Waals surface area contributed by atoms with Crippen molar-refractivity contribution in [3.63, 3.8) is 0 Å². The van der Waals surface area contributed by atoms with Gasteiger partial charge in [-0.1, -0.05) is 0 Å². The zero-order valence-corrected chi connectivity index (χ0v) is 16.1. The van der Waals surface area contributed by atoms with Crippen LogP contribution in [0.15, 0.2) is 0 Å². The monoisotopic (exact) mass is 375 g/mol. The Morgan fingerprint density at radius 3 is 2.92 bits per heavy atom. The van der Waals surface area contributed by atoms with E-state index < -0.39 is 0 Å².